The summed E-state index contributed by atoms with van der Waals surface area (Å²) in [5.41, 5.74) is 5.83. The first-order chi connectivity index (χ1) is 17.6. The van der Waals surface area contributed by atoms with Crippen LogP contribution in [-0.4, -0.2) is 21.3 Å². The van der Waals surface area contributed by atoms with E-state index in [1.165, 1.54) is 16.0 Å². The summed E-state index contributed by atoms with van der Waals surface area (Å²) in [6.45, 7) is 0. The van der Waals surface area contributed by atoms with Crippen molar-refractivity contribution in [1.29, 1.82) is 0 Å². The molecular weight excluding hydrogens is 464 g/mol. The molecule has 0 N–H and O–H groups in total. The van der Waals surface area contributed by atoms with Crippen LogP contribution in [0.5, 0.6) is 17.2 Å². The summed E-state index contributed by atoms with van der Waals surface area (Å²) in [6.07, 6.45) is 4.66. The average molecular weight is 493 g/mol. The zero-order valence-electron chi connectivity index (χ0n) is 20.6. The van der Waals surface area contributed by atoms with Gasteiger partial charge in [-0.25, -0.2) is 0 Å². The van der Waals surface area contributed by atoms with Gasteiger partial charge in [-0.2, -0.15) is 0 Å². The highest BCUT2D eigenvalue weighted by molar-refractivity contribution is 8.09. The van der Waals surface area contributed by atoms with Crippen molar-refractivity contribution >= 4 is 22.2 Å². The number of ether oxygens (including phenoxy) is 3. The summed E-state index contributed by atoms with van der Waals surface area (Å²) in [6, 6.07) is 35.6. The minimum absolute atomic E-state index is 0.438. The van der Waals surface area contributed by atoms with Crippen LogP contribution in [0.4, 0.5) is 0 Å². The molecule has 1 aliphatic heterocycles. The Labute approximate surface area is 217 Å². The van der Waals surface area contributed by atoms with Crippen LogP contribution in [0, 0.1) is 0 Å². The van der Waals surface area contributed by atoms with E-state index in [1.54, 1.807) is 21.3 Å². The third kappa shape index (κ3) is 4.65. The monoisotopic (exact) mass is 492 g/mol. The van der Waals surface area contributed by atoms with Crippen molar-refractivity contribution in [3.63, 3.8) is 0 Å². The van der Waals surface area contributed by atoms with E-state index in [1.807, 2.05) is 48.2 Å². The van der Waals surface area contributed by atoms with Crippen molar-refractivity contribution in [3.05, 3.63) is 138 Å². The van der Waals surface area contributed by atoms with E-state index >= 15 is 0 Å². The Kier molecular flexibility index (Phi) is 6.88. The van der Waals surface area contributed by atoms with Crippen LogP contribution in [0.15, 0.2) is 115 Å². The summed E-state index contributed by atoms with van der Waals surface area (Å²) in [4.78, 5) is 1.19. The maximum Gasteiger partial charge on any atom is 0.118 e. The van der Waals surface area contributed by atoms with Crippen molar-refractivity contribution < 1.29 is 14.2 Å². The second-order valence-electron chi connectivity index (χ2n) is 8.50. The molecule has 1 atom stereocenters. The number of allylic oxidation sites excluding steroid dienone is 2. The molecule has 4 aromatic rings. The maximum absolute atomic E-state index is 5.46. The first-order valence-electron chi connectivity index (χ1n) is 11.8. The Morgan fingerprint density at radius 2 is 1.00 bits per heavy atom. The summed E-state index contributed by atoms with van der Waals surface area (Å²) in [5.74, 6) is 2.52. The van der Waals surface area contributed by atoms with Crippen molar-refractivity contribution in [2.24, 2.45) is 0 Å². The summed E-state index contributed by atoms with van der Waals surface area (Å²) >= 11 is 1.85. The van der Waals surface area contributed by atoms with E-state index < -0.39 is 4.75 Å². The Balaban J connectivity index is 1.73. The van der Waals surface area contributed by atoms with Crippen LogP contribution in [0.25, 0.3) is 10.5 Å². The van der Waals surface area contributed by atoms with Crippen LogP contribution in [0.2, 0.25) is 0 Å². The fraction of sp³-hybridized carbons (Fsp3) is 0.125. The van der Waals surface area contributed by atoms with E-state index in [0.29, 0.717) is 0 Å². The minimum atomic E-state index is -0.438. The summed E-state index contributed by atoms with van der Waals surface area (Å²) in [7, 11) is 5.08. The quantitative estimate of drug-likeness (QED) is 0.263. The van der Waals surface area contributed by atoms with Gasteiger partial charge in [0.25, 0.3) is 0 Å². The fourth-order valence-corrected chi connectivity index (χ4v) is 5.94. The molecule has 0 amide bonds. The zero-order chi connectivity index (χ0) is 25.0. The Hall–Kier alpha value is -3.89. The predicted octanol–water partition coefficient (Wildman–Crippen LogP) is 7.83. The van der Waals surface area contributed by atoms with E-state index in [2.05, 4.69) is 78.9 Å². The van der Waals surface area contributed by atoms with Gasteiger partial charge in [-0.3, -0.25) is 0 Å². The fourth-order valence-electron chi connectivity index (χ4n) is 4.46. The number of benzene rings is 4. The highest BCUT2D eigenvalue weighted by Gasteiger charge is 2.37. The molecule has 180 valence electrons. The lowest BCUT2D eigenvalue weighted by Gasteiger charge is -2.36. The normalized spacial score (nSPS) is 17.1. The number of thioether (sulfide) groups is 1. The lowest BCUT2D eigenvalue weighted by molar-refractivity contribution is 0.414. The van der Waals surface area contributed by atoms with Gasteiger partial charge in [-0.15, -0.1) is 11.8 Å². The lowest BCUT2D eigenvalue weighted by atomic mass is 9.86. The second kappa shape index (κ2) is 10.4. The van der Waals surface area contributed by atoms with Gasteiger partial charge in [-0.05, 0) is 70.3 Å². The van der Waals surface area contributed by atoms with Gasteiger partial charge in [0.2, 0.25) is 0 Å². The molecule has 4 aromatic carbocycles. The molecule has 1 heterocycles. The molecule has 0 fully saturated rings. The Morgan fingerprint density at radius 3 is 1.53 bits per heavy atom. The van der Waals surface area contributed by atoms with Crippen LogP contribution >= 0.6 is 11.8 Å². The molecule has 36 heavy (non-hydrogen) atoms. The van der Waals surface area contributed by atoms with E-state index in [4.69, 9.17) is 14.2 Å². The van der Waals surface area contributed by atoms with Gasteiger partial charge in [0.05, 0.1) is 26.1 Å². The van der Waals surface area contributed by atoms with Crippen molar-refractivity contribution in [2.45, 2.75) is 4.75 Å². The van der Waals surface area contributed by atoms with Gasteiger partial charge < -0.3 is 14.2 Å². The standard InChI is InChI=1S/C32H28O3S/c1-33-28-15-9-23(10-16-28)25-21-31(24-11-17-29(34-2)18-12-24)36-32(22-25,26-7-5-4-6-8-26)27-13-19-30(35-3)20-14-27/h4-22H,1-3H3. The summed E-state index contributed by atoms with van der Waals surface area (Å²) < 4.78 is 15.8. The molecule has 0 radical (unpaired) electrons. The van der Waals surface area contributed by atoms with Crippen molar-refractivity contribution in [3.8, 4) is 17.2 Å². The number of hydrogen-bond donors (Lipinski definition) is 0. The van der Waals surface area contributed by atoms with E-state index in [9.17, 15) is 0 Å². The maximum atomic E-state index is 5.46. The van der Waals surface area contributed by atoms with Gasteiger partial charge in [-0.1, -0.05) is 72.8 Å². The van der Waals surface area contributed by atoms with Gasteiger partial charge in [0.1, 0.15) is 17.2 Å². The molecule has 0 aromatic heterocycles. The second-order valence-corrected chi connectivity index (χ2v) is 9.79. The molecule has 0 saturated heterocycles. The largest absolute Gasteiger partial charge is 0.497 e. The Morgan fingerprint density at radius 1 is 0.528 bits per heavy atom. The van der Waals surface area contributed by atoms with Crippen molar-refractivity contribution in [2.75, 3.05) is 21.3 Å². The smallest absolute Gasteiger partial charge is 0.118 e. The molecule has 5 rings (SSSR count). The summed E-state index contributed by atoms with van der Waals surface area (Å²) in [5, 5.41) is 0. The van der Waals surface area contributed by atoms with Crippen LogP contribution in [0.3, 0.4) is 0 Å². The Bertz CT molecular complexity index is 1370. The van der Waals surface area contributed by atoms with Crippen LogP contribution in [0.1, 0.15) is 22.3 Å². The van der Waals surface area contributed by atoms with Gasteiger partial charge >= 0.3 is 0 Å². The van der Waals surface area contributed by atoms with E-state index in [0.717, 1.165) is 33.9 Å². The van der Waals surface area contributed by atoms with Gasteiger partial charge in [0, 0.05) is 4.91 Å². The SMILES string of the molecule is COc1ccc(C2=CC(c3ccccc3)(c3ccc(OC)cc3)SC(c3ccc(OC)cc3)=C2)cc1. The topological polar surface area (TPSA) is 27.7 Å². The molecule has 0 spiro atoms. The zero-order valence-corrected chi connectivity index (χ0v) is 21.4. The third-order valence-electron chi connectivity index (χ3n) is 6.44. The highest BCUT2D eigenvalue weighted by atomic mass is 32.2. The molecular formula is C32H28O3S. The van der Waals surface area contributed by atoms with Crippen LogP contribution < -0.4 is 14.2 Å². The minimum Gasteiger partial charge on any atom is -0.497 e. The van der Waals surface area contributed by atoms with Gasteiger partial charge in [0.15, 0.2) is 0 Å². The first kappa shape index (κ1) is 23.8. The molecule has 0 bridgehead atoms. The van der Waals surface area contributed by atoms with Crippen molar-refractivity contribution in [1.82, 2.24) is 0 Å². The molecule has 1 aliphatic rings. The van der Waals surface area contributed by atoms with E-state index in [-0.39, 0.29) is 0 Å². The highest BCUT2D eigenvalue weighted by Crippen LogP contribution is 2.55. The predicted molar refractivity (Wildman–Crippen MR) is 150 cm³/mol. The molecule has 0 aliphatic carbocycles. The average Bonchev–Trinajstić information content (AvgIpc) is 2.97. The molecule has 0 saturated carbocycles. The number of hydrogen-bond acceptors (Lipinski definition) is 4. The van der Waals surface area contributed by atoms with Crippen LogP contribution in [-0.2, 0) is 4.75 Å². The number of methoxy groups -OCH3 is 3. The molecule has 3 nitrogen and oxygen atoms in total. The first-order valence-corrected chi connectivity index (χ1v) is 12.6. The molecule has 1 unspecified atom stereocenters. The lowest BCUT2D eigenvalue weighted by Crippen LogP contribution is -2.23. The third-order valence-corrected chi connectivity index (χ3v) is 7.92. The molecule has 4 heteroatoms. The number of rotatable bonds is 7.